The molecule has 2 unspecified atom stereocenters. The topological polar surface area (TPSA) is 62.0 Å². The summed E-state index contributed by atoms with van der Waals surface area (Å²) in [6, 6.07) is 0. The number of aliphatic imine (C=N–C) groups is 2. The minimum atomic E-state index is -0.913. The third-order valence-corrected chi connectivity index (χ3v) is 2.03. The van der Waals surface area contributed by atoms with Gasteiger partial charge in [-0.25, -0.2) is 4.79 Å². The highest BCUT2D eigenvalue weighted by atomic mass is 16.4. The normalized spacial score (nSPS) is 31.5. The van der Waals surface area contributed by atoms with Crippen LogP contribution in [0.15, 0.2) is 21.6 Å². The minimum absolute atomic E-state index is 0.0619. The van der Waals surface area contributed by atoms with E-state index in [-0.39, 0.29) is 17.7 Å². The molecule has 2 aliphatic rings. The van der Waals surface area contributed by atoms with E-state index in [0.717, 1.165) is 6.42 Å². The molecule has 0 aromatic heterocycles. The van der Waals surface area contributed by atoms with Crippen LogP contribution in [-0.4, -0.2) is 29.7 Å². The second kappa shape index (κ2) is 2.55. The first kappa shape index (κ1) is 7.21. The fraction of sp³-hybridized carbons (Fsp3) is 0.375. The number of hydrogen-bond donors (Lipinski definition) is 1. The van der Waals surface area contributed by atoms with E-state index < -0.39 is 5.97 Å². The number of fused-ring (bicyclic) bond motifs is 1. The van der Waals surface area contributed by atoms with E-state index in [1.165, 1.54) is 6.21 Å². The Bertz CT molecular complexity index is 304. The summed E-state index contributed by atoms with van der Waals surface area (Å²) < 4.78 is 0. The van der Waals surface area contributed by atoms with Crippen molar-refractivity contribution in [2.24, 2.45) is 15.9 Å². The molecule has 0 saturated carbocycles. The van der Waals surface area contributed by atoms with Gasteiger partial charge in [0.1, 0.15) is 6.17 Å². The van der Waals surface area contributed by atoms with Gasteiger partial charge in [0.05, 0.1) is 5.57 Å². The maximum atomic E-state index is 10.5. The molecule has 0 fully saturated rings. The van der Waals surface area contributed by atoms with Crippen molar-refractivity contribution in [2.45, 2.75) is 12.6 Å². The van der Waals surface area contributed by atoms with E-state index in [9.17, 15) is 4.79 Å². The van der Waals surface area contributed by atoms with Crippen LogP contribution >= 0.6 is 0 Å². The lowest BCUT2D eigenvalue weighted by atomic mass is 10.00. The molecule has 0 radical (unpaired) electrons. The van der Waals surface area contributed by atoms with Crippen molar-refractivity contribution in [1.82, 2.24) is 0 Å². The van der Waals surface area contributed by atoms with Gasteiger partial charge in [0.15, 0.2) is 0 Å². The summed E-state index contributed by atoms with van der Waals surface area (Å²) in [5.74, 6) is -0.745. The molecule has 0 spiro atoms. The van der Waals surface area contributed by atoms with Crippen LogP contribution in [0.1, 0.15) is 6.42 Å². The van der Waals surface area contributed by atoms with Gasteiger partial charge in [-0.3, -0.25) is 9.98 Å². The lowest BCUT2D eigenvalue weighted by Crippen LogP contribution is -2.17. The Labute approximate surface area is 69.3 Å². The van der Waals surface area contributed by atoms with Crippen LogP contribution < -0.4 is 0 Å². The summed E-state index contributed by atoms with van der Waals surface area (Å²) in [5, 5.41) is 8.66. The number of aliphatic carboxylic acids is 1. The second-order valence-corrected chi connectivity index (χ2v) is 2.85. The zero-order chi connectivity index (χ0) is 8.55. The summed E-state index contributed by atoms with van der Waals surface area (Å²) in [6.45, 7) is 0. The van der Waals surface area contributed by atoms with E-state index >= 15 is 0 Å². The molecule has 0 saturated heterocycles. The number of hydrogen-bond acceptors (Lipinski definition) is 3. The Morgan fingerprint density at radius 2 is 2.42 bits per heavy atom. The largest absolute Gasteiger partial charge is 0.478 e. The molecule has 0 amide bonds. The molecule has 62 valence electrons. The zero-order valence-corrected chi connectivity index (χ0v) is 6.34. The predicted molar refractivity (Wildman–Crippen MR) is 44.6 cm³/mol. The number of dihydropyridines is 1. The van der Waals surface area contributed by atoms with Gasteiger partial charge < -0.3 is 5.11 Å². The van der Waals surface area contributed by atoms with E-state index in [2.05, 4.69) is 9.98 Å². The number of carboxylic acids is 1. The molecule has 0 aliphatic carbocycles. The highest BCUT2D eigenvalue weighted by Gasteiger charge is 2.25. The van der Waals surface area contributed by atoms with Crippen molar-refractivity contribution in [3.63, 3.8) is 0 Å². The molecule has 0 aromatic carbocycles. The molecule has 0 bridgehead atoms. The summed E-state index contributed by atoms with van der Waals surface area (Å²) in [5.41, 5.74) is 0.279. The first-order chi connectivity index (χ1) is 5.77. The Morgan fingerprint density at radius 3 is 3.17 bits per heavy atom. The molecular weight excluding hydrogens is 156 g/mol. The quantitative estimate of drug-likeness (QED) is 0.613. The van der Waals surface area contributed by atoms with Crippen LogP contribution in [0.4, 0.5) is 0 Å². The minimum Gasteiger partial charge on any atom is -0.478 e. The fourth-order valence-electron chi connectivity index (χ4n) is 1.38. The number of carboxylic acid groups (broad SMARTS) is 1. The van der Waals surface area contributed by atoms with E-state index in [4.69, 9.17) is 5.11 Å². The van der Waals surface area contributed by atoms with E-state index in [1.54, 1.807) is 12.3 Å². The summed E-state index contributed by atoms with van der Waals surface area (Å²) in [4.78, 5) is 18.7. The number of rotatable bonds is 1. The highest BCUT2D eigenvalue weighted by Crippen LogP contribution is 2.24. The zero-order valence-electron chi connectivity index (χ0n) is 6.34. The number of carbonyl (C=O) groups is 1. The van der Waals surface area contributed by atoms with Crippen LogP contribution in [-0.2, 0) is 4.79 Å². The van der Waals surface area contributed by atoms with Gasteiger partial charge in [-0.05, 0) is 6.42 Å². The van der Waals surface area contributed by atoms with Gasteiger partial charge in [-0.15, -0.1) is 0 Å². The third kappa shape index (κ3) is 1.05. The number of nitrogens with zero attached hydrogens (tertiary/aromatic N) is 2. The first-order valence-electron chi connectivity index (χ1n) is 3.77. The molecule has 12 heavy (non-hydrogen) atoms. The monoisotopic (exact) mass is 164 g/mol. The van der Waals surface area contributed by atoms with Gasteiger partial charge in [-0.2, -0.15) is 0 Å². The average Bonchev–Trinajstić information content (AvgIpc) is 2.49. The molecule has 4 heteroatoms. The van der Waals surface area contributed by atoms with Crippen molar-refractivity contribution in [1.29, 1.82) is 0 Å². The molecule has 1 N–H and O–H groups in total. The highest BCUT2D eigenvalue weighted by molar-refractivity contribution is 6.09. The van der Waals surface area contributed by atoms with Crippen molar-refractivity contribution >= 4 is 18.4 Å². The Morgan fingerprint density at radius 1 is 1.58 bits per heavy atom. The molecule has 4 nitrogen and oxygen atoms in total. The second-order valence-electron chi connectivity index (χ2n) is 2.85. The van der Waals surface area contributed by atoms with Crippen LogP contribution in [0.25, 0.3) is 0 Å². The molecule has 2 heterocycles. The molecule has 2 atom stereocenters. The van der Waals surface area contributed by atoms with Gasteiger partial charge in [0.25, 0.3) is 0 Å². The van der Waals surface area contributed by atoms with Crippen molar-refractivity contribution in [2.75, 3.05) is 0 Å². The fourth-order valence-corrected chi connectivity index (χ4v) is 1.38. The maximum absolute atomic E-state index is 10.5. The van der Waals surface area contributed by atoms with E-state index in [0.29, 0.717) is 0 Å². The summed E-state index contributed by atoms with van der Waals surface area (Å²) in [7, 11) is 0. The maximum Gasteiger partial charge on any atom is 0.336 e. The van der Waals surface area contributed by atoms with Crippen LogP contribution in [0, 0.1) is 5.92 Å². The average molecular weight is 164 g/mol. The van der Waals surface area contributed by atoms with Gasteiger partial charge in [0, 0.05) is 18.3 Å². The van der Waals surface area contributed by atoms with Crippen molar-refractivity contribution < 1.29 is 9.90 Å². The first-order valence-corrected chi connectivity index (χ1v) is 3.77. The standard InChI is InChI=1S/C8H8N2O2/c11-8(12)6-3-5-1-2-9-7(5)10-4-6/h2-5,7H,1H2,(H,11,12). The summed E-state index contributed by atoms with van der Waals surface area (Å²) in [6.07, 6.45) is 5.65. The smallest absolute Gasteiger partial charge is 0.336 e. The Kier molecular flexibility index (Phi) is 1.53. The van der Waals surface area contributed by atoms with Gasteiger partial charge in [0.2, 0.25) is 0 Å². The Balaban J connectivity index is 2.23. The van der Waals surface area contributed by atoms with Gasteiger partial charge >= 0.3 is 5.97 Å². The van der Waals surface area contributed by atoms with Crippen LogP contribution in [0.5, 0.6) is 0 Å². The molecular formula is C8H8N2O2. The molecule has 2 aliphatic heterocycles. The van der Waals surface area contributed by atoms with Crippen molar-refractivity contribution in [3.8, 4) is 0 Å². The predicted octanol–water partition coefficient (Wildman–Crippen LogP) is 0.499. The summed E-state index contributed by atoms with van der Waals surface area (Å²) >= 11 is 0. The third-order valence-electron chi connectivity index (χ3n) is 2.03. The Hall–Kier alpha value is -1.45. The lowest BCUT2D eigenvalue weighted by Gasteiger charge is -2.14. The van der Waals surface area contributed by atoms with Gasteiger partial charge in [-0.1, -0.05) is 6.08 Å². The SMILES string of the molecule is O=C(O)C1=CC2CC=NC2N=C1. The molecule has 2 rings (SSSR count). The molecule has 0 aromatic rings. The van der Waals surface area contributed by atoms with Crippen LogP contribution in [0.2, 0.25) is 0 Å². The van der Waals surface area contributed by atoms with Crippen LogP contribution in [0.3, 0.4) is 0 Å². The van der Waals surface area contributed by atoms with E-state index in [1.807, 2.05) is 0 Å². The van der Waals surface area contributed by atoms with Crippen molar-refractivity contribution in [3.05, 3.63) is 11.6 Å². The lowest BCUT2D eigenvalue weighted by molar-refractivity contribution is -0.132.